The lowest BCUT2D eigenvalue weighted by Gasteiger charge is -2.29. The van der Waals surface area contributed by atoms with Crippen LogP contribution in [0, 0.1) is 5.92 Å². The number of anilines is 1. The van der Waals surface area contributed by atoms with Gasteiger partial charge in [-0.2, -0.15) is 13.2 Å². The highest BCUT2D eigenvalue weighted by atomic mass is 32.2. The molecule has 0 radical (unpaired) electrons. The number of aromatic nitrogens is 2. The molecule has 1 aromatic heterocycles. The molecule has 3 aromatic rings. The van der Waals surface area contributed by atoms with Crippen molar-refractivity contribution in [2.45, 2.75) is 38.3 Å². The predicted molar refractivity (Wildman–Crippen MR) is 129 cm³/mol. The molecule has 2 aliphatic rings. The average Bonchev–Trinajstić information content (AvgIpc) is 3.35. The van der Waals surface area contributed by atoms with Crippen molar-refractivity contribution in [3.63, 3.8) is 0 Å². The molecule has 9 nitrogen and oxygen atoms in total. The van der Waals surface area contributed by atoms with Crippen LogP contribution in [0.1, 0.15) is 30.7 Å². The summed E-state index contributed by atoms with van der Waals surface area (Å²) in [6, 6.07) is 8.02. The molecule has 15 heteroatoms. The number of carbonyl (C=O) groups is 1. The summed E-state index contributed by atoms with van der Waals surface area (Å²) in [5.41, 5.74) is 0.276. The lowest BCUT2D eigenvalue weighted by atomic mass is 9.94. The maximum Gasteiger partial charge on any atom is 0.586 e. The van der Waals surface area contributed by atoms with Gasteiger partial charge in [-0.3, -0.25) is 4.79 Å². The first-order valence-corrected chi connectivity index (χ1v) is 13.7. The van der Waals surface area contributed by atoms with E-state index in [4.69, 9.17) is 0 Å². The highest BCUT2D eigenvalue weighted by Gasteiger charge is 2.45. The third-order valence-electron chi connectivity index (χ3n) is 6.64. The molecule has 0 atom stereocenters. The molecule has 0 bridgehead atoms. The zero-order valence-electron chi connectivity index (χ0n) is 20.5. The predicted octanol–water partition coefficient (Wildman–Crippen LogP) is 4.43. The Morgan fingerprint density at radius 3 is 2.54 bits per heavy atom. The number of amides is 1. The Balaban J connectivity index is 1.35. The van der Waals surface area contributed by atoms with Gasteiger partial charge in [0.2, 0.25) is 21.8 Å². The van der Waals surface area contributed by atoms with Crippen molar-refractivity contribution >= 4 is 32.7 Å². The zero-order chi connectivity index (χ0) is 28.2. The summed E-state index contributed by atoms with van der Waals surface area (Å²) in [6.07, 6.45) is -6.49. The van der Waals surface area contributed by atoms with Gasteiger partial charge in [0.25, 0.3) is 0 Å². The number of alkyl halides is 5. The van der Waals surface area contributed by atoms with Crippen LogP contribution in [-0.4, -0.2) is 53.8 Å². The first kappa shape index (κ1) is 27.1. The molecular formula is C24H23F5N4O5S. The first-order valence-electron chi connectivity index (χ1n) is 11.9. The maximum absolute atomic E-state index is 13.9. The van der Waals surface area contributed by atoms with E-state index in [0.717, 1.165) is 10.8 Å². The van der Waals surface area contributed by atoms with Crippen LogP contribution in [0.2, 0.25) is 0 Å². The monoisotopic (exact) mass is 574 g/mol. The number of para-hydroxylation sites is 1. The van der Waals surface area contributed by atoms with E-state index in [-0.39, 0.29) is 52.0 Å². The van der Waals surface area contributed by atoms with Crippen LogP contribution in [0.5, 0.6) is 11.5 Å². The molecule has 3 heterocycles. The molecule has 0 saturated carbocycles. The van der Waals surface area contributed by atoms with E-state index in [1.165, 1.54) is 40.7 Å². The maximum atomic E-state index is 13.9. The second-order valence-corrected chi connectivity index (χ2v) is 11.5. The van der Waals surface area contributed by atoms with Crippen LogP contribution < -0.4 is 14.8 Å². The van der Waals surface area contributed by atoms with E-state index >= 15 is 0 Å². The van der Waals surface area contributed by atoms with Crippen molar-refractivity contribution in [2.75, 3.05) is 24.7 Å². The van der Waals surface area contributed by atoms with E-state index in [9.17, 15) is 35.2 Å². The standard InChI is InChI=1S/C24H23F5N4O5S/c1-39(35,36)32-9-7-14(8-10-32)11-20(34)30-16-5-6-18-17(12-16)31-22(23(25,26)27)33(18)13-15-3-2-4-19-21(15)38-24(28,29)37-19/h2-6,12,14H,7-11,13H2,1H3,(H,30,34). The highest BCUT2D eigenvalue weighted by molar-refractivity contribution is 7.88. The van der Waals surface area contributed by atoms with Crippen LogP contribution >= 0.6 is 0 Å². The number of halogens is 5. The summed E-state index contributed by atoms with van der Waals surface area (Å²) in [7, 11) is -3.29. The summed E-state index contributed by atoms with van der Waals surface area (Å²) in [5.74, 6) is -2.29. The summed E-state index contributed by atoms with van der Waals surface area (Å²) in [6.45, 7) is 0.158. The van der Waals surface area contributed by atoms with Crippen LogP contribution in [0.15, 0.2) is 36.4 Å². The van der Waals surface area contributed by atoms with Crippen LogP contribution in [0.4, 0.5) is 27.6 Å². The van der Waals surface area contributed by atoms with Crippen LogP contribution in [0.25, 0.3) is 11.0 Å². The number of carbonyl (C=O) groups excluding carboxylic acids is 1. The van der Waals surface area contributed by atoms with Crippen LogP contribution in [-0.2, 0) is 27.5 Å². The van der Waals surface area contributed by atoms with Gasteiger partial charge in [-0.15, -0.1) is 8.78 Å². The molecule has 0 aliphatic carbocycles. The molecule has 1 amide bonds. The second kappa shape index (κ2) is 9.62. The normalized spacial score (nSPS) is 18.0. The zero-order valence-corrected chi connectivity index (χ0v) is 21.3. The summed E-state index contributed by atoms with van der Waals surface area (Å²) in [5, 5.41) is 2.66. The Bertz CT molecular complexity index is 1530. The second-order valence-electron chi connectivity index (χ2n) is 9.49. The SMILES string of the molecule is CS(=O)(=O)N1CCC(CC(=O)Nc2ccc3c(c2)nc(C(F)(F)F)n3Cc2cccc3c2OC(F)(F)O3)CC1. The van der Waals surface area contributed by atoms with E-state index in [0.29, 0.717) is 25.9 Å². The average molecular weight is 575 g/mol. The fraction of sp³-hybridized carbons (Fsp3) is 0.417. The van der Waals surface area contributed by atoms with Gasteiger partial charge < -0.3 is 19.4 Å². The van der Waals surface area contributed by atoms with Gasteiger partial charge in [-0.1, -0.05) is 12.1 Å². The smallest absolute Gasteiger partial charge is 0.395 e. The molecule has 0 spiro atoms. The largest absolute Gasteiger partial charge is 0.586 e. The molecule has 210 valence electrons. The third-order valence-corrected chi connectivity index (χ3v) is 7.94. The number of fused-ring (bicyclic) bond motifs is 2. The Kier molecular flexibility index (Phi) is 6.69. The minimum Gasteiger partial charge on any atom is -0.395 e. The van der Waals surface area contributed by atoms with Crippen molar-refractivity contribution < 1.29 is 44.6 Å². The molecule has 5 rings (SSSR count). The Hall–Kier alpha value is -3.46. The van der Waals surface area contributed by atoms with Gasteiger partial charge >= 0.3 is 12.5 Å². The lowest BCUT2D eigenvalue weighted by molar-refractivity contribution is -0.287. The Morgan fingerprint density at radius 1 is 1.15 bits per heavy atom. The third kappa shape index (κ3) is 5.78. The number of nitrogens with one attached hydrogen (secondary N) is 1. The van der Waals surface area contributed by atoms with Gasteiger partial charge in [0.15, 0.2) is 11.5 Å². The molecule has 39 heavy (non-hydrogen) atoms. The number of benzene rings is 2. The number of nitrogens with zero attached hydrogens (tertiary/aromatic N) is 3. The van der Waals surface area contributed by atoms with Gasteiger partial charge in [0.1, 0.15) is 0 Å². The molecule has 2 aromatic carbocycles. The summed E-state index contributed by atoms with van der Waals surface area (Å²) in [4.78, 5) is 16.3. The van der Waals surface area contributed by atoms with Crippen molar-refractivity contribution in [1.29, 1.82) is 0 Å². The van der Waals surface area contributed by atoms with Crippen molar-refractivity contribution in [1.82, 2.24) is 13.9 Å². The molecular weight excluding hydrogens is 551 g/mol. The number of rotatable bonds is 6. The van der Waals surface area contributed by atoms with Crippen molar-refractivity contribution in [2.24, 2.45) is 5.92 Å². The van der Waals surface area contributed by atoms with Crippen molar-refractivity contribution in [3.05, 3.63) is 47.8 Å². The molecule has 1 N–H and O–H groups in total. The minimum absolute atomic E-state index is 0.0334. The lowest BCUT2D eigenvalue weighted by Crippen LogP contribution is -2.38. The van der Waals surface area contributed by atoms with Gasteiger partial charge in [-0.05, 0) is 43.0 Å². The number of imidazole rings is 1. The number of sulfonamides is 1. The Labute approximate surface area is 219 Å². The molecule has 2 aliphatic heterocycles. The fourth-order valence-electron chi connectivity index (χ4n) is 4.82. The molecule has 0 unspecified atom stereocenters. The Morgan fingerprint density at radius 2 is 1.87 bits per heavy atom. The van der Waals surface area contributed by atoms with E-state index in [1.807, 2.05) is 0 Å². The quantitative estimate of drug-likeness (QED) is 0.438. The summed E-state index contributed by atoms with van der Waals surface area (Å²) < 4.78 is 103. The van der Waals surface area contributed by atoms with Gasteiger partial charge in [0, 0.05) is 30.8 Å². The van der Waals surface area contributed by atoms with E-state index in [1.54, 1.807) is 0 Å². The molecule has 1 fully saturated rings. The number of hydrogen-bond donors (Lipinski definition) is 1. The van der Waals surface area contributed by atoms with E-state index < -0.39 is 34.9 Å². The fourth-order valence-corrected chi connectivity index (χ4v) is 5.70. The van der Waals surface area contributed by atoms with Crippen LogP contribution in [0.3, 0.4) is 0 Å². The highest BCUT2D eigenvalue weighted by Crippen LogP contribution is 2.44. The minimum atomic E-state index is -4.86. The topological polar surface area (TPSA) is 103 Å². The number of ether oxygens (including phenoxy) is 2. The number of piperidine rings is 1. The molecule has 1 saturated heterocycles. The van der Waals surface area contributed by atoms with Crippen molar-refractivity contribution in [3.8, 4) is 11.5 Å². The summed E-state index contributed by atoms with van der Waals surface area (Å²) >= 11 is 0. The van der Waals surface area contributed by atoms with Gasteiger partial charge in [0.05, 0.1) is 23.8 Å². The van der Waals surface area contributed by atoms with E-state index in [2.05, 4.69) is 19.8 Å². The number of hydrogen-bond acceptors (Lipinski definition) is 6. The van der Waals surface area contributed by atoms with Gasteiger partial charge in [-0.25, -0.2) is 17.7 Å². The first-order chi connectivity index (χ1) is 18.2.